The highest BCUT2D eigenvalue weighted by Crippen LogP contribution is 2.48. The van der Waals surface area contributed by atoms with E-state index in [2.05, 4.69) is 0 Å². The first-order valence-corrected chi connectivity index (χ1v) is 12.5. The standard InChI is InChI=1S/C29H28ClF2NO4/c1-18(2)25-29(20-10-6-4-7-11-20,21-12-8-5-9-13-21)37-27(35)33(25)26(34)19(3)28(36,17-30)23-16-22(31)14-15-24(23)32/h4-16,18-19,25,36H,17H2,1-3H3/t19-,25-,28+/m0/s1. The molecule has 1 N–H and O–H groups in total. The predicted octanol–water partition coefficient (Wildman–Crippen LogP) is 5.97. The SMILES string of the molecule is CC(C)[C@@H]1N(C(=O)[C@H](C)[C@](O)(CCl)c2cc(F)ccc2F)C(=O)OC1(c1ccccc1)c1ccccc1. The molecule has 194 valence electrons. The van der Waals surface area contributed by atoms with Gasteiger partial charge in [0.2, 0.25) is 5.91 Å². The van der Waals surface area contributed by atoms with Crippen LogP contribution < -0.4 is 0 Å². The summed E-state index contributed by atoms with van der Waals surface area (Å²) in [6.07, 6.45) is -0.903. The van der Waals surface area contributed by atoms with Gasteiger partial charge in [-0.05, 0) is 24.1 Å². The molecule has 0 radical (unpaired) electrons. The lowest BCUT2D eigenvalue weighted by Crippen LogP contribution is -2.54. The van der Waals surface area contributed by atoms with Crippen LogP contribution >= 0.6 is 11.6 Å². The first-order chi connectivity index (χ1) is 17.6. The van der Waals surface area contributed by atoms with E-state index < -0.39 is 58.2 Å². The molecule has 2 amide bonds. The lowest BCUT2D eigenvalue weighted by atomic mass is 9.75. The number of amides is 2. The van der Waals surface area contributed by atoms with Gasteiger partial charge in [-0.2, -0.15) is 0 Å². The Morgan fingerprint density at radius 2 is 1.57 bits per heavy atom. The summed E-state index contributed by atoms with van der Waals surface area (Å²) in [6, 6.07) is 20.0. The van der Waals surface area contributed by atoms with Crippen molar-refractivity contribution >= 4 is 23.6 Å². The smallest absolute Gasteiger partial charge is 0.418 e. The molecule has 1 saturated heterocycles. The quantitative estimate of drug-likeness (QED) is 0.384. The van der Waals surface area contributed by atoms with Gasteiger partial charge in [0.15, 0.2) is 5.60 Å². The fourth-order valence-electron chi connectivity index (χ4n) is 5.20. The van der Waals surface area contributed by atoms with Gasteiger partial charge < -0.3 is 9.84 Å². The summed E-state index contributed by atoms with van der Waals surface area (Å²) in [4.78, 5) is 28.5. The third kappa shape index (κ3) is 4.40. The number of benzene rings is 3. The van der Waals surface area contributed by atoms with E-state index >= 15 is 0 Å². The number of ether oxygens (including phenoxy) is 1. The van der Waals surface area contributed by atoms with E-state index in [4.69, 9.17) is 16.3 Å². The fraction of sp³-hybridized carbons (Fsp3) is 0.310. The molecule has 1 heterocycles. The fourth-order valence-corrected chi connectivity index (χ4v) is 5.57. The highest BCUT2D eigenvalue weighted by Gasteiger charge is 2.61. The number of carbonyl (C=O) groups is 2. The molecule has 0 aliphatic carbocycles. The van der Waals surface area contributed by atoms with E-state index in [-0.39, 0.29) is 5.92 Å². The molecule has 3 aromatic carbocycles. The van der Waals surface area contributed by atoms with Crippen LogP contribution in [0.1, 0.15) is 37.5 Å². The molecule has 3 atom stereocenters. The van der Waals surface area contributed by atoms with Gasteiger partial charge in [0.1, 0.15) is 17.2 Å². The Hall–Kier alpha value is -3.29. The van der Waals surface area contributed by atoms with E-state index in [1.807, 2.05) is 74.5 Å². The predicted molar refractivity (Wildman–Crippen MR) is 136 cm³/mol. The molecule has 0 aromatic heterocycles. The summed E-state index contributed by atoms with van der Waals surface area (Å²) in [6.45, 7) is 5.06. The molecule has 5 nitrogen and oxygen atoms in total. The number of hydrogen-bond donors (Lipinski definition) is 1. The van der Waals surface area contributed by atoms with Crippen LogP contribution in [0.25, 0.3) is 0 Å². The summed E-state index contributed by atoms with van der Waals surface area (Å²) in [7, 11) is 0. The maximum atomic E-state index is 14.7. The number of carbonyl (C=O) groups excluding carboxylic acids is 2. The molecule has 1 aliphatic rings. The van der Waals surface area contributed by atoms with Crippen LogP contribution in [0, 0.1) is 23.5 Å². The third-order valence-electron chi connectivity index (χ3n) is 7.10. The molecular weight excluding hydrogens is 500 g/mol. The Balaban J connectivity index is 1.85. The van der Waals surface area contributed by atoms with Crippen molar-refractivity contribution in [3.8, 4) is 0 Å². The van der Waals surface area contributed by atoms with Crippen LogP contribution in [0.3, 0.4) is 0 Å². The van der Waals surface area contributed by atoms with E-state index in [1.54, 1.807) is 0 Å². The average molecular weight is 528 g/mol. The molecule has 0 spiro atoms. The highest BCUT2D eigenvalue weighted by atomic mass is 35.5. The minimum Gasteiger partial charge on any atom is -0.430 e. The Bertz CT molecular complexity index is 1250. The van der Waals surface area contributed by atoms with Crippen LogP contribution in [0.2, 0.25) is 0 Å². The summed E-state index contributed by atoms with van der Waals surface area (Å²) in [5, 5.41) is 11.4. The number of rotatable bonds is 7. The van der Waals surface area contributed by atoms with E-state index in [0.29, 0.717) is 11.1 Å². The van der Waals surface area contributed by atoms with Gasteiger partial charge in [-0.1, -0.05) is 81.4 Å². The summed E-state index contributed by atoms with van der Waals surface area (Å²) in [5.41, 5.74) is -2.77. The van der Waals surface area contributed by atoms with Crippen molar-refractivity contribution in [2.24, 2.45) is 11.8 Å². The lowest BCUT2D eigenvalue weighted by molar-refractivity contribution is -0.143. The van der Waals surface area contributed by atoms with Gasteiger partial charge in [-0.25, -0.2) is 18.5 Å². The number of cyclic esters (lactones) is 1. The number of halogens is 3. The molecule has 0 saturated carbocycles. The lowest BCUT2D eigenvalue weighted by Gasteiger charge is -2.39. The summed E-state index contributed by atoms with van der Waals surface area (Å²) < 4.78 is 34.8. The molecule has 4 rings (SSSR count). The largest absolute Gasteiger partial charge is 0.430 e. The Morgan fingerprint density at radius 3 is 2.05 bits per heavy atom. The van der Waals surface area contributed by atoms with Crippen LogP contribution in [0.4, 0.5) is 13.6 Å². The first-order valence-electron chi connectivity index (χ1n) is 12.0. The van der Waals surface area contributed by atoms with Gasteiger partial charge in [-0.15, -0.1) is 11.6 Å². The second-order valence-electron chi connectivity index (χ2n) is 9.64. The summed E-state index contributed by atoms with van der Waals surface area (Å²) >= 11 is 6.07. The molecule has 0 unspecified atom stereocenters. The van der Waals surface area contributed by atoms with Gasteiger partial charge in [0.05, 0.1) is 17.8 Å². The van der Waals surface area contributed by atoms with Crippen LogP contribution in [-0.2, 0) is 20.7 Å². The molecule has 3 aromatic rings. The number of nitrogens with zero attached hydrogens (tertiary/aromatic N) is 1. The minimum atomic E-state index is -2.29. The van der Waals surface area contributed by atoms with Gasteiger partial charge in [-0.3, -0.25) is 4.79 Å². The van der Waals surface area contributed by atoms with Crippen molar-refractivity contribution in [2.75, 3.05) is 5.88 Å². The maximum Gasteiger partial charge on any atom is 0.418 e. The third-order valence-corrected chi connectivity index (χ3v) is 7.51. The normalized spacial score (nSPS) is 19.4. The van der Waals surface area contributed by atoms with Crippen molar-refractivity contribution in [3.63, 3.8) is 0 Å². The Labute approximate surface area is 219 Å². The Morgan fingerprint density at radius 1 is 1.03 bits per heavy atom. The van der Waals surface area contributed by atoms with Crippen molar-refractivity contribution in [1.82, 2.24) is 4.90 Å². The highest BCUT2D eigenvalue weighted by molar-refractivity contribution is 6.18. The molecule has 1 fully saturated rings. The maximum absolute atomic E-state index is 14.7. The topological polar surface area (TPSA) is 66.8 Å². The van der Waals surface area contributed by atoms with Crippen molar-refractivity contribution in [1.29, 1.82) is 0 Å². The zero-order chi connectivity index (χ0) is 27.0. The van der Waals surface area contributed by atoms with Gasteiger partial charge in [0, 0.05) is 16.7 Å². The van der Waals surface area contributed by atoms with Crippen molar-refractivity contribution < 1.29 is 28.2 Å². The van der Waals surface area contributed by atoms with Crippen LogP contribution in [-0.4, -0.2) is 33.9 Å². The minimum absolute atomic E-state index is 0.294. The monoisotopic (exact) mass is 527 g/mol. The molecule has 8 heteroatoms. The van der Waals surface area contributed by atoms with Crippen molar-refractivity contribution in [2.45, 2.75) is 38.0 Å². The second kappa shape index (κ2) is 10.2. The van der Waals surface area contributed by atoms with E-state index in [9.17, 15) is 23.5 Å². The van der Waals surface area contributed by atoms with E-state index in [1.165, 1.54) is 6.92 Å². The molecular formula is C29H28ClF2NO4. The van der Waals surface area contributed by atoms with E-state index in [0.717, 1.165) is 23.1 Å². The number of alkyl halides is 1. The molecule has 0 bridgehead atoms. The van der Waals surface area contributed by atoms with Crippen LogP contribution in [0.15, 0.2) is 78.9 Å². The average Bonchev–Trinajstić information content (AvgIpc) is 3.23. The second-order valence-corrected chi connectivity index (χ2v) is 9.90. The number of imide groups is 1. The Kier molecular flexibility index (Phi) is 7.40. The van der Waals surface area contributed by atoms with Gasteiger partial charge in [0.25, 0.3) is 0 Å². The van der Waals surface area contributed by atoms with Crippen molar-refractivity contribution in [3.05, 3.63) is 107 Å². The summed E-state index contributed by atoms with van der Waals surface area (Å²) in [5.74, 6) is -4.86. The first kappa shape index (κ1) is 26.8. The van der Waals surface area contributed by atoms with Crippen LogP contribution in [0.5, 0.6) is 0 Å². The zero-order valence-electron chi connectivity index (χ0n) is 20.7. The molecule has 37 heavy (non-hydrogen) atoms. The number of hydrogen-bond acceptors (Lipinski definition) is 4. The van der Waals surface area contributed by atoms with Gasteiger partial charge >= 0.3 is 6.09 Å². The number of aliphatic hydroxyl groups is 1. The molecule has 1 aliphatic heterocycles. The zero-order valence-corrected chi connectivity index (χ0v) is 21.5.